The third-order valence-electron chi connectivity index (χ3n) is 15.2. The van der Waals surface area contributed by atoms with Gasteiger partial charge in [0.2, 0.25) is 29.2 Å². The van der Waals surface area contributed by atoms with Gasteiger partial charge < -0.3 is 40.7 Å². The Morgan fingerprint density at radius 2 is 1.59 bits per heavy atom. The largest absolute Gasteiger partial charge is 0.417 e. The fraction of sp³-hybridized carbons (Fsp3) is 0.526. The van der Waals surface area contributed by atoms with Crippen LogP contribution in [0.4, 0.5) is 28.9 Å². The van der Waals surface area contributed by atoms with Crippen LogP contribution in [-0.2, 0) is 31.9 Å². The van der Waals surface area contributed by atoms with E-state index in [-0.39, 0.29) is 73.5 Å². The summed E-state index contributed by atoms with van der Waals surface area (Å²) in [6.07, 6.45) is 2.01. The minimum absolute atomic E-state index is 0.0202. The van der Waals surface area contributed by atoms with Gasteiger partial charge in [0.1, 0.15) is 17.9 Å². The summed E-state index contributed by atoms with van der Waals surface area (Å²) in [4.78, 5) is 94.2. The molecule has 0 radical (unpaired) electrons. The first-order valence-corrected chi connectivity index (χ1v) is 27.7. The van der Waals surface area contributed by atoms with Crippen molar-refractivity contribution < 1.29 is 46.6 Å². The summed E-state index contributed by atoms with van der Waals surface area (Å²) in [6, 6.07) is 9.15. The number of pyridine rings is 1. The van der Waals surface area contributed by atoms with Gasteiger partial charge in [0.05, 0.1) is 44.7 Å². The molecule has 2 fully saturated rings. The van der Waals surface area contributed by atoms with Crippen molar-refractivity contribution in [2.45, 2.75) is 149 Å². The second-order valence-corrected chi connectivity index (χ2v) is 22.9. The Morgan fingerprint density at radius 3 is 2.21 bits per heavy atom. The average Bonchev–Trinajstić information content (AvgIpc) is 4.10. The summed E-state index contributed by atoms with van der Waals surface area (Å²) in [5.41, 5.74) is 1.94. The number of aromatic nitrogens is 2. The van der Waals surface area contributed by atoms with Gasteiger partial charge in [-0.05, 0) is 81.3 Å². The van der Waals surface area contributed by atoms with Crippen LogP contribution in [0, 0.1) is 18.2 Å². The van der Waals surface area contributed by atoms with Crippen LogP contribution in [0.1, 0.15) is 132 Å². The molecular formula is C57H73F4N9O7S. The Labute approximate surface area is 457 Å². The molecule has 3 aliphatic heterocycles. The van der Waals surface area contributed by atoms with Gasteiger partial charge in [-0.1, -0.05) is 76.8 Å². The number of aliphatic hydroxyl groups excluding tert-OH is 1. The molecule has 5 heterocycles. The molecule has 2 saturated heterocycles. The van der Waals surface area contributed by atoms with Gasteiger partial charge in [0.25, 0.3) is 5.91 Å². The highest BCUT2D eigenvalue weighted by atomic mass is 32.1. The van der Waals surface area contributed by atoms with Crippen LogP contribution in [0.25, 0.3) is 16.0 Å². The molecule has 1 unspecified atom stereocenters. The molecule has 7 rings (SSSR count). The minimum atomic E-state index is -4.99. The van der Waals surface area contributed by atoms with E-state index in [0.717, 1.165) is 53.6 Å². The van der Waals surface area contributed by atoms with Crippen molar-refractivity contribution in [3.63, 3.8) is 0 Å². The third kappa shape index (κ3) is 14.8. The van der Waals surface area contributed by atoms with E-state index in [1.54, 1.807) is 27.8 Å². The summed E-state index contributed by atoms with van der Waals surface area (Å²) >= 11 is 1.56. The number of carbonyl (C=O) groups excluding carboxylic acids is 5. The Kier molecular flexibility index (Phi) is 19.4. The second kappa shape index (κ2) is 25.6. The molecule has 5 atom stereocenters. The Hall–Kier alpha value is -6.45. The monoisotopic (exact) mass is 1100 g/mol. The van der Waals surface area contributed by atoms with E-state index in [4.69, 9.17) is 0 Å². The van der Waals surface area contributed by atoms with Crippen molar-refractivity contribution in [2.75, 3.05) is 50.0 Å². The molecule has 5 amide bonds. The normalized spacial score (nSPS) is 19.6. The van der Waals surface area contributed by atoms with Crippen molar-refractivity contribution >= 4 is 57.8 Å². The number of amides is 5. The second-order valence-electron chi connectivity index (χ2n) is 22.1. The van der Waals surface area contributed by atoms with E-state index in [0.29, 0.717) is 62.6 Å². The highest BCUT2D eigenvalue weighted by Gasteiger charge is 2.45. The van der Waals surface area contributed by atoms with Crippen LogP contribution in [0.5, 0.6) is 0 Å². The maximum Gasteiger partial charge on any atom is 0.417 e. The summed E-state index contributed by atoms with van der Waals surface area (Å²) in [7, 11) is 1.97. The Balaban J connectivity index is 0.854. The van der Waals surface area contributed by atoms with Gasteiger partial charge in [-0.3, -0.25) is 33.7 Å². The molecule has 4 aromatic rings. The highest BCUT2D eigenvalue weighted by molar-refractivity contribution is 7.13. The summed E-state index contributed by atoms with van der Waals surface area (Å²) in [5.74, 6) is -2.83. The molecule has 16 nitrogen and oxygen atoms in total. The minimum Gasteiger partial charge on any atom is -0.391 e. The number of aryl methyl sites for hydroxylation is 1. The number of likely N-dealkylation sites (N-methyl/N-ethyl adjacent to an activating group) is 1. The fourth-order valence-corrected chi connectivity index (χ4v) is 11.2. The molecule has 0 bridgehead atoms. The number of hydrogen-bond acceptors (Lipinski definition) is 11. The molecule has 3 aliphatic rings. The van der Waals surface area contributed by atoms with Crippen molar-refractivity contribution in [3.8, 4) is 10.4 Å². The number of aliphatic hydroxyl groups is 1. The zero-order valence-electron chi connectivity index (χ0n) is 45.5. The predicted octanol–water partition coefficient (Wildman–Crippen LogP) is 8.29. The average molecular weight is 1100 g/mol. The fourth-order valence-electron chi connectivity index (χ4n) is 10.4. The maximum atomic E-state index is 16.2. The van der Waals surface area contributed by atoms with E-state index in [2.05, 4.69) is 30.8 Å². The van der Waals surface area contributed by atoms with Crippen LogP contribution in [0.3, 0.4) is 0 Å². The number of nitrogens with zero attached hydrogens (tertiary/aromatic N) is 5. The number of β-amino-alcohol motifs (C(OH)–C–C–N with tert-alkyl or cyclic N) is 1. The van der Waals surface area contributed by atoms with Gasteiger partial charge in [-0.25, -0.2) is 9.37 Å². The number of halogens is 4. The predicted molar refractivity (Wildman–Crippen MR) is 293 cm³/mol. The van der Waals surface area contributed by atoms with Crippen molar-refractivity contribution in [3.05, 3.63) is 104 Å². The van der Waals surface area contributed by atoms with E-state index in [1.165, 1.54) is 17.0 Å². The summed E-state index contributed by atoms with van der Waals surface area (Å²) < 4.78 is 58.1. The lowest BCUT2D eigenvalue weighted by Crippen LogP contribution is -2.57. The van der Waals surface area contributed by atoms with Gasteiger partial charge >= 0.3 is 6.18 Å². The topological polar surface area (TPSA) is 200 Å². The van der Waals surface area contributed by atoms with E-state index < -0.39 is 64.1 Å². The lowest BCUT2D eigenvalue weighted by Gasteiger charge is -2.44. The number of unbranched alkanes of at least 4 members (excludes halogenated alkanes) is 5. The zero-order chi connectivity index (χ0) is 56.6. The maximum absolute atomic E-state index is 16.2. The zero-order valence-corrected chi connectivity index (χ0v) is 46.3. The van der Waals surface area contributed by atoms with Crippen molar-refractivity contribution in [1.82, 2.24) is 35.3 Å². The quantitative estimate of drug-likeness (QED) is 0.0450. The molecule has 0 aliphatic carbocycles. The van der Waals surface area contributed by atoms with Gasteiger partial charge in [-0.15, -0.1) is 11.3 Å². The molecule has 5 N–H and O–H groups in total. The van der Waals surface area contributed by atoms with Crippen molar-refractivity contribution in [2.24, 2.45) is 5.41 Å². The Morgan fingerprint density at radius 1 is 0.923 bits per heavy atom. The smallest absolute Gasteiger partial charge is 0.391 e. The number of hydrogen-bond donors (Lipinski definition) is 5. The molecule has 422 valence electrons. The molecule has 2 aromatic carbocycles. The van der Waals surface area contributed by atoms with Crippen molar-refractivity contribution in [1.29, 1.82) is 0 Å². The number of rotatable bonds is 19. The van der Waals surface area contributed by atoms with E-state index in [1.807, 2.05) is 77.8 Å². The molecule has 21 heteroatoms. The lowest BCUT2D eigenvalue weighted by atomic mass is 9.85. The molecule has 0 saturated carbocycles. The number of carbonyl (C=O) groups is 5. The number of H-pyrrole nitrogens is 1. The first kappa shape index (κ1) is 59.2. The van der Waals surface area contributed by atoms with E-state index >= 15 is 4.39 Å². The number of benzene rings is 2. The van der Waals surface area contributed by atoms with Gasteiger partial charge in [0.15, 0.2) is 0 Å². The molecule has 0 spiro atoms. The molecule has 2 aromatic heterocycles. The molecule has 78 heavy (non-hydrogen) atoms. The van der Waals surface area contributed by atoms with Gasteiger partial charge in [-0.2, -0.15) is 13.2 Å². The van der Waals surface area contributed by atoms with Crippen LogP contribution >= 0.6 is 11.3 Å². The summed E-state index contributed by atoms with van der Waals surface area (Å²) in [6.45, 7) is 13.2. The standard InChI is InChI=1S/C57H73F4N9O7S/c1-34-30-69(31-35(2)67(34)7)46-27-44(58)41(25-45(46)65-53(75)42-29-62-49(73)26-43(42)57(59,60)61)38-20-22-68(23-21-38)50(74)15-13-11-9-8-10-12-14-48(72)66-52(56(4,5)6)55(77)70-32-40(71)24-47(70)54(76)63-28-37-16-18-39(19-17-37)51-36(3)64-33-78-51/h16-20,25-27,29,33-35,40,47,52,71H,8-15,21-24,28,30-32H2,1-7H3,(H,62,73)(H,63,76)(H,65,75)(H,66,72)/t34-,35+,40-,47+,52?/m1/s1. The van der Waals surface area contributed by atoms with Crippen LogP contribution in [0.2, 0.25) is 0 Å². The SMILES string of the molecule is Cc1ncsc1-c1ccc(CNC(=O)[C@@H]2C[C@@H](O)CN2C(=O)C(NC(=O)CCCCCCCCC(=O)N2CC=C(c3cc(NC(=O)c4c[nH]c(=O)cc4C(F)(F)F)c(N4C[C@@H](C)N(C)[C@@H](C)C4)cc3F)CC2)C(C)(C)C)cc1. The number of piperazine rings is 1. The van der Waals surface area contributed by atoms with Crippen LogP contribution in [0.15, 0.2) is 65.0 Å². The Bertz CT molecular complexity index is 2890. The first-order chi connectivity index (χ1) is 36.9. The number of anilines is 2. The lowest BCUT2D eigenvalue weighted by molar-refractivity contribution is -0.144. The number of aromatic amines is 1. The van der Waals surface area contributed by atoms with Crippen LogP contribution < -0.4 is 26.4 Å². The third-order valence-corrected chi connectivity index (χ3v) is 16.1. The van der Waals surface area contributed by atoms with Crippen LogP contribution in [-0.4, -0.2) is 129 Å². The number of thiazole rings is 1. The van der Waals surface area contributed by atoms with Gasteiger partial charge in [0, 0.05) is 88.4 Å². The number of likely N-dealkylation sites (tertiary alicyclic amines) is 1. The number of nitrogens with one attached hydrogen (secondary N) is 4. The van der Waals surface area contributed by atoms with E-state index in [9.17, 15) is 47.0 Å². The number of alkyl halides is 3. The highest BCUT2D eigenvalue weighted by Crippen LogP contribution is 2.38. The molecular weight excluding hydrogens is 1030 g/mol. The first-order valence-electron chi connectivity index (χ1n) is 26.8. The summed E-state index contributed by atoms with van der Waals surface area (Å²) in [5, 5.41) is 19.1.